The van der Waals surface area contributed by atoms with Crippen molar-refractivity contribution < 1.29 is 24.4 Å². The average Bonchev–Trinajstić information content (AvgIpc) is 2.72. The van der Waals surface area contributed by atoms with Crippen molar-refractivity contribution in [3.63, 3.8) is 0 Å². The number of nitrogens with two attached hydrogens (primary N) is 1. The van der Waals surface area contributed by atoms with Gasteiger partial charge >= 0.3 is 0 Å². The Morgan fingerprint density at radius 2 is 1.85 bits per heavy atom. The first kappa shape index (κ1) is 19.7. The molecule has 146 valence electrons. The summed E-state index contributed by atoms with van der Waals surface area (Å²) in [5, 5.41) is 2.36. The molecule has 0 bridgehead atoms. The Morgan fingerprint density at radius 3 is 2.59 bits per heavy atom. The highest BCUT2D eigenvalue weighted by Crippen LogP contribution is 2.31. The van der Waals surface area contributed by atoms with Gasteiger partial charge in [0.25, 0.3) is 0 Å². The van der Waals surface area contributed by atoms with Gasteiger partial charge in [0.15, 0.2) is 11.5 Å². The van der Waals surface area contributed by atoms with Crippen LogP contribution >= 0.6 is 0 Å². The Labute approximate surface area is 162 Å². The number of hydrogen-bond donors (Lipinski definition) is 2. The summed E-state index contributed by atoms with van der Waals surface area (Å²) in [5.74, 6) is 1.65. The van der Waals surface area contributed by atoms with E-state index in [-0.39, 0.29) is 0 Å². The molecule has 1 fully saturated rings. The van der Waals surface area contributed by atoms with Crippen LogP contribution in [-0.2, 0) is 17.9 Å². The first-order chi connectivity index (χ1) is 13.3. The Hall–Kier alpha value is -2.08. The number of benzene rings is 2. The van der Waals surface area contributed by atoms with Crippen LogP contribution in [0, 0.1) is 6.92 Å². The Bertz CT molecular complexity index is 697. The van der Waals surface area contributed by atoms with Crippen molar-refractivity contribution in [2.24, 2.45) is 0 Å². The van der Waals surface area contributed by atoms with Gasteiger partial charge in [-0.2, -0.15) is 0 Å². The third-order valence-electron chi connectivity index (χ3n) is 5.05. The summed E-state index contributed by atoms with van der Waals surface area (Å²) in [6.07, 6.45) is 0. The van der Waals surface area contributed by atoms with E-state index in [0.29, 0.717) is 6.61 Å². The minimum atomic E-state index is 0.547. The quantitative estimate of drug-likeness (QED) is 0.633. The number of nitrogens with one attached hydrogen (secondary N) is 1. The maximum Gasteiger partial charge on any atom is 0.170 e. The zero-order valence-corrected chi connectivity index (χ0v) is 16.5. The van der Waals surface area contributed by atoms with Crippen LogP contribution in [-0.4, -0.2) is 46.5 Å². The lowest BCUT2D eigenvalue weighted by Gasteiger charge is -2.23. The second-order valence-corrected chi connectivity index (χ2v) is 7.12. The van der Waals surface area contributed by atoms with Crippen molar-refractivity contribution in [2.75, 3.05) is 46.5 Å². The van der Waals surface area contributed by atoms with Crippen molar-refractivity contribution in [1.82, 2.24) is 0 Å². The number of hydrogen-bond acceptors (Lipinski definition) is 3. The van der Waals surface area contributed by atoms with E-state index in [2.05, 4.69) is 42.6 Å². The van der Waals surface area contributed by atoms with Crippen LogP contribution in [0.3, 0.4) is 0 Å². The third kappa shape index (κ3) is 5.96. The monoisotopic (exact) mass is 372 g/mol. The zero-order chi connectivity index (χ0) is 18.9. The average molecular weight is 373 g/mol. The van der Waals surface area contributed by atoms with Crippen LogP contribution < -0.4 is 19.7 Å². The molecule has 27 heavy (non-hydrogen) atoms. The molecule has 1 aliphatic heterocycles. The van der Waals surface area contributed by atoms with E-state index in [9.17, 15) is 0 Å². The summed E-state index contributed by atoms with van der Waals surface area (Å²) >= 11 is 0. The van der Waals surface area contributed by atoms with Gasteiger partial charge in [0.1, 0.15) is 39.3 Å². The molecule has 1 heterocycles. The summed E-state index contributed by atoms with van der Waals surface area (Å²) in [7, 11) is 1.70. The lowest BCUT2D eigenvalue weighted by atomic mass is 10.1. The smallest absolute Gasteiger partial charge is 0.170 e. The second kappa shape index (κ2) is 10.3. The topological polar surface area (TPSA) is 48.7 Å². The molecule has 2 aromatic carbocycles. The van der Waals surface area contributed by atoms with Crippen molar-refractivity contribution in [1.29, 1.82) is 0 Å². The molecule has 5 heteroatoms. The minimum absolute atomic E-state index is 0.547. The van der Waals surface area contributed by atoms with Gasteiger partial charge in [-0.25, -0.2) is 0 Å². The SMILES string of the molecule is COc1cccc(C[NH2+]CC[NH+]2CCOCC2)c1OCc1ccc(C)cc1. The normalized spacial score (nSPS) is 14.9. The first-order valence-corrected chi connectivity index (χ1v) is 9.83. The van der Waals surface area contributed by atoms with E-state index >= 15 is 0 Å². The van der Waals surface area contributed by atoms with Gasteiger partial charge < -0.3 is 24.4 Å². The summed E-state index contributed by atoms with van der Waals surface area (Å²) < 4.78 is 17.1. The van der Waals surface area contributed by atoms with Gasteiger partial charge in [-0.15, -0.1) is 0 Å². The van der Waals surface area contributed by atoms with Crippen LogP contribution in [0.4, 0.5) is 0 Å². The highest BCUT2D eigenvalue weighted by molar-refractivity contribution is 5.46. The molecule has 0 aromatic heterocycles. The predicted octanol–water partition coefficient (Wildman–Crippen LogP) is 0.561. The van der Waals surface area contributed by atoms with Crippen molar-refractivity contribution in [3.05, 3.63) is 59.2 Å². The maximum absolute atomic E-state index is 6.17. The number of ether oxygens (including phenoxy) is 3. The van der Waals surface area contributed by atoms with Gasteiger partial charge in [-0.1, -0.05) is 35.9 Å². The number of morpholine rings is 1. The maximum atomic E-state index is 6.17. The highest BCUT2D eigenvalue weighted by atomic mass is 16.5. The van der Waals surface area contributed by atoms with E-state index in [1.165, 1.54) is 17.7 Å². The summed E-state index contributed by atoms with van der Waals surface area (Å²) in [6.45, 7) is 9.84. The molecule has 2 aromatic rings. The molecule has 3 N–H and O–H groups in total. The molecular weight excluding hydrogens is 340 g/mol. The molecule has 5 nitrogen and oxygen atoms in total. The van der Waals surface area contributed by atoms with E-state index < -0.39 is 0 Å². The molecule has 0 amide bonds. The Morgan fingerprint density at radius 1 is 1.07 bits per heavy atom. The van der Waals surface area contributed by atoms with Crippen LogP contribution in [0.1, 0.15) is 16.7 Å². The second-order valence-electron chi connectivity index (χ2n) is 7.12. The highest BCUT2D eigenvalue weighted by Gasteiger charge is 2.15. The molecular formula is C22H32N2O3+2. The van der Waals surface area contributed by atoms with E-state index in [1.807, 2.05) is 12.1 Å². The fourth-order valence-corrected chi connectivity index (χ4v) is 3.36. The lowest BCUT2D eigenvalue weighted by Crippen LogP contribution is -3.16. The minimum Gasteiger partial charge on any atom is -0.493 e. The fraction of sp³-hybridized carbons (Fsp3) is 0.455. The van der Waals surface area contributed by atoms with Crippen LogP contribution in [0.25, 0.3) is 0 Å². The van der Waals surface area contributed by atoms with E-state index in [1.54, 1.807) is 12.0 Å². The largest absolute Gasteiger partial charge is 0.493 e. The van der Waals surface area contributed by atoms with Crippen molar-refractivity contribution in [3.8, 4) is 11.5 Å². The molecule has 1 aliphatic rings. The predicted molar refractivity (Wildman–Crippen MR) is 105 cm³/mol. The van der Waals surface area contributed by atoms with E-state index in [0.717, 1.165) is 56.5 Å². The third-order valence-corrected chi connectivity index (χ3v) is 5.05. The van der Waals surface area contributed by atoms with Gasteiger partial charge in [-0.05, 0) is 24.6 Å². The van der Waals surface area contributed by atoms with Crippen LogP contribution in [0.2, 0.25) is 0 Å². The number of rotatable bonds is 9. The van der Waals surface area contributed by atoms with Crippen LogP contribution in [0.5, 0.6) is 11.5 Å². The number of aryl methyl sites for hydroxylation is 1. The van der Waals surface area contributed by atoms with Crippen molar-refractivity contribution >= 4 is 0 Å². The van der Waals surface area contributed by atoms with E-state index in [4.69, 9.17) is 14.2 Å². The Balaban J connectivity index is 1.56. The lowest BCUT2D eigenvalue weighted by molar-refractivity contribution is -0.920. The molecule has 3 rings (SSSR count). The van der Waals surface area contributed by atoms with Crippen molar-refractivity contribution in [2.45, 2.75) is 20.1 Å². The Kier molecular flexibility index (Phi) is 7.51. The van der Waals surface area contributed by atoms with Gasteiger partial charge in [0, 0.05) is 0 Å². The van der Waals surface area contributed by atoms with Gasteiger partial charge in [0.2, 0.25) is 0 Å². The number of methoxy groups -OCH3 is 1. The fourth-order valence-electron chi connectivity index (χ4n) is 3.36. The standard InChI is InChI=1S/C22H30N2O3/c1-18-6-8-19(9-7-18)17-27-22-20(4-3-5-21(22)25-2)16-23-10-11-24-12-14-26-15-13-24/h3-9,23H,10-17H2,1-2H3/p+2. The van der Waals surface area contributed by atoms with Gasteiger partial charge in [0.05, 0.1) is 25.9 Å². The number of quaternary nitrogens is 2. The molecule has 0 saturated carbocycles. The van der Waals surface area contributed by atoms with Gasteiger partial charge in [-0.3, -0.25) is 0 Å². The van der Waals surface area contributed by atoms with Crippen LogP contribution in [0.15, 0.2) is 42.5 Å². The molecule has 0 aliphatic carbocycles. The first-order valence-electron chi connectivity index (χ1n) is 9.83. The molecule has 0 atom stereocenters. The summed E-state index contributed by atoms with van der Waals surface area (Å²) in [6, 6.07) is 14.6. The summed E-state index contributed by atoms with van der Waals surface area (Å²) in [5.41, 5.74) is 3.60. The molecule has 1 saturated heterocycles. The molecule has 0 radical (unpaired) electrons. The molecule has 0 spiro atoms. The molecule has 0 unspecified atom stereocenters. The summed E-state index contributed by atoms with van der Waals surface area (Å²) in [4.78, 5) is 1.64. The zero-order valence-electron chi connectivity index (χ0n) is 16.5. The number of para-hydroxylation sites is 1.